The van der Waals surface area contributed by atoms with Gasteiger partial charge >= 0.3 is 6.36 Å². The number of hydrogen-bond donors (Lipinski definition) is 2. The summed E-state index contributed by atoms with van der Waals surface area (Å²) in [5.74, 6) is -0.813. The Morgan fingerprint density at radius 1 is 1.12 bits per heavy atom. The number of ether oxygens (including phenoxy) is 1. The maximum atomic E-state index is 12.4. The van der Waals surface area contributed by atoms with Crippen LogP contribution in [0.15, 0.2) is 42.5 Å². The molecule has 2 rings (SSSR count). The molecule has 0 aromatic heterocycles. The fourth-order valence-corrected chi connectivity index (χ4v) is 2.20. The van der Waals surface area contributed by atoms with Crippen molar-refractivity contribution in [3.05, 3.63) is 53.6 Å². The van der Waals surface area contributed by atoms with Crippen molar-refractivity contribution < 1.29 is 22.7 Å². The zero-order chi connectivity index (χ0) is 18.6. The number of amides is 1. The van der Waals surface area contributed by atoms with Gasteiger partial charge in [-0.05, 0) is 50.6 Å². The summed E-state index contributed by atoms with van der Waals surface area (Å²) in [6.07, 6.45) is -4.78. The van der Waals surface area contributed by atoms with Crippen molar-refractivity contribution in [1.82, 2.24) is 0 Å². The Kier molecular flexibility index (Phi) is 5.56. The van der Waals surface area contributed by atoms with Gasteiger partial charge in [-0.25, -0.2) is 0 Å². The van der Waals surface area contributed by atoms with Crippen LogP contribution in [-0.4, -0.2) is 18.3 Å². The first-order chi connectivity index (χ1) is 11.6. The maximum absolute atomic E-state index is 12.4. The first-order valence-corrected chi connectivity index (χ1v) is 7.68. The summed E-state index contributed by atoms with van der Waals surface area (Å²) < 4.78 is 40.7. The molecule has 4 nitrogen and oxygen atoms in total. The normalized spacial score (nSPS) is 11.3. The van der Waals surface area contributed by atoms with E-state index in [1.54, 1.807) is 12.1 Å². The van der Waals surface area contributed by atoms with E-state index in [0.717, 1.165) is 17.3 Å². The molecule has 0 unspecified atom stereocenters. The number of carbonyl (C=O) groups excluding carboxylic acids is 1. The Labute approximate surface area is 144 Å². The third kappa shape index (κ3) is 5.70. The molecule has 7 heteroatoms. The molecule has 0 saturated heterocycles. The number of hydrogen-bond acceptors (Lipinski definition) is 3. The van der Waals surface area contributed by atoms with Gasteiger partial charge in [0.2, 0.25) is 0 Å². The molecule has 0 fully saturated rings. The van der Waals surface area contributed by atoms with Gasteiger partial charge in [0, 0.05) is 29.0 Å². The predicted molar refractivity (Wildman–Crippen MR) is 91.0 cm³/mol. The van der Waals surface area contributed by atoms with Crippen molar-refractivity contribution >= 4 is 17.3 Å². The lowest BCUT2D eigenvalue weighted by atomic mass is 10.1. The minimum atomic E-state index is -4.78. The third-order valence-corrected chi connectivity index (χ3v) is 3.27. The van der Waals surface area contributed by atoms with E-state index < -0.39 is 18.0 Å². The summed E-state index contributed by atoms with van der Waals surface area (Å²) in [6.45, 7) is 5.89. The van der Waals surface area contributed by atoms with E-state index in [4.69, 9.17) is 0 Å². The van der Waals surface area contributed by atoms with Crippen molar-refractivity contribution in [3.8, 4) is 5.75 Å². The molecule has 0 bridgehead atoms. The predicted octanol–water partition coefficient (Wildman–Crippen LogP) is 4.97. The molecule has 0 heterocycles. The number of halogens is 3. The van der Waals surface area contributed by atoms with Crippen LogP contribution in [0, 0.1) is 6.92 Å². The highest BCUT2D eigenvalue weighted by Crippen LogP contribution is 2.25. The summed E-state index contributed by atoms with van der Waals surface area (Å²) >= 11 is 0. The smallest absolute Gasteiger partial charge is 0.406 e. The fraction of sp³-hybridized carbons (Fsp3) is 0.278. The Hall–Kier alpha value is -2.70. The van der Waals surface area contributed by atoms with Crippen LogP contribution in [0.1, 0.15) is 29.8 Å². The van der Waals surface area contributed by atoms with Gasteiger partial charge in [0.15, 0.2) is 0 Å². The molecule has 2 aromatic carbocycles. The van der Waals surface area contributed by atoms with Crippen LogP contribution in [0.5, 0.6) is 5.75 Å². The van der Waals surface area contributed by atoms with Gasteiger partial charge in [0.25, 0.3) is 5.91 Å². The largest absolute Gasteiger partial charge is 0.573 e. The van der Waals surface area contributed by atoms with Crippen LogP contribution >= 0.6 is 0 Å². The van der Waals surface area contributed by atoms with Gasteiger partial charge in [0.1, 0.15) is 5.75 Å². The quantitative estimate of drug-likeness (QED) is 0.799. The number of benzene rings is 2. The van der Waals surface area contributed by atoms with E-state index in [1.807, 2.05) is 26.8 Å². The van der Waals surface area contributed by atoms with Crippen LogP contribution in [0.3, 0.4) is 0 Å². The van der Waals surface area contributed by atoms with E-state index in [0.29, 0.717) is 5.56 Å². The standard InChI is InChI=1S/C18H19F3N2O2/c1-11(2)22-16-9-13(8-7-12(16)3)17(24)23-14-5-4-6-15(10-14)25-18(19,20)21/h4-11,22H,1-3H3,(H,23,24). The molecule has 0 atom stereocenters. The molecule has 0 aliphatic rings. The van der Waals surface area contributed by atoms with Crippen molar-refractivity contribution in [2.24, 2.45) is 0 Å². The van der Waals surface area contributed by atoms with E-state index in [9.17, 15) is 18.0 Å². The molecule has 134 valence electrons. The van der Waals surface area contributed by atoms with Gasteiger partial charge in [-0.1, -0.05) is 12.1 Å². The van der Waals surface area contributed by atoms with Gasteiger partial charge in [-0.2, -0.15) is 0 Å². The molecule has 0 aliphatic heterocycles. The summed E-state index contributed by atoms with van der Waals surface area (Å²) in [5.41, 5.74) is 2.43. The first kappa shape index (κ1) is 18.6. The van der Waals surface area contributed by atoms with Crippen molar-refractivity contribution in [2.75, 3.05) is 10.6 Å². The minimum Gasteiger partial charge on any atom is -0.406 e. The topological polar surface area (TPSA) is 50.4 Å². The van der Waals surface area contributed by atoms with Crippen molar-refractivity contribution in [3.63, 3.8) is 0 Å². The number of anilines is 2. The average Bonchev–Trinajstić information content (AvgIpc) is 2.47. The van der Waals surface area contributed by atoms with Gasteiger partial charge in [-0.3, -0.25) is 4.79 Å². The van der Waals surface area contributed by atoms with Crippen molar-refractivity contribution in [1.29, 1.82) is 0 Å². The molecule has 0 radical (unpaired) electrons. The summed E-state index contributed by atoms with van der Waals surface area (Å²) in [7, 11) is 0. The minimum absolute atomic E-state index is 0.202. The second-order valence-electron chi connectivity index (χ2n) is 5.86. The second kappa shape index (κ2) is 7.46. The van der Waals surface area contributed by atoms with E-state index in [1.165, 1.54) is 18.2 Å². The molecule has 0 saturated carbocycles. The maximum Gasteiger partial charge on any atom is 0.573 e. The lowest BCUT2D eigenvalue weighted by Gasteiger charge is -2.14. The zero-order valence-corrected chi connectivity index (χ0v) is 14.1. The van der Waals surface area contributed by atoms with Crippen molar-refractivity contribution in [2.45, 2.75) is 33.2 Å². The van der Waals surface area contributed by atoms with Crippen LogP contribution in [0.25, 0.3) is 0 Å². The van der Waals surface area contributed by atoms with Crippen LogP contribution in [-0.2, 0) is 0 Å². The summed E-state index contributed by atoms with van der Waals surface area (Å²) in [5, 5.41) is 5.81. The van der Waals surface area contributed by atoms with Crippen LogP contribution in [0.4, 0.5) is 24.5 Å². The van der Waals surface area contributed by atoms with Crippen LogP contribution in [0.2, 0.25) is 0 Å². The lowest BCUT2D eigenvalue weighted by Crippen LogP contribution is -2.17. The second-order valence-corrected chi connectivity index (χ2v) is 5.86. The number of alkyl halides is 3. The molecule has 2 aromatic rings. The third-order valence-electron chi connectivity index (χ3n) is 3.27. The van der Waals surface area contributed by atoms with E-state index >= 15 is 0 Å². The SMILES string of the molecule is Cc1ccc(C(=O)Nc2cccc(OC(F)(F)F)c2)cc1NC(C)C. The molecule has 2 N–H and O–H groups in total. The Morgan fingerprint density at radius 2 is 1.84 bits per heavy atom. The number of rotatable bonds is 5. The highest BCUT2D eigenvalue weighted by Gasteiger charge is 2.31. The van der Waals surface area contributed by atoms with Crippen LogP contribution < -0.4 is 15.4 Å². The molecular formula is C18H19F3N2O2. The highest BCUT2D eigenvalue weighted by atomic mass is 19.4. The Balaban J connectivity index is 2.16. The summed E-state index contributed by atoms with van der Waals surface area (Å²) in [6, 6.07) is 10.5. The Morgan fingerprint density at radius 3 is 2.48 bits per heavy atom. The average molecular weight is 352 g/mol. The monoisotopic (exact) mass is 352 g/mol. The van der Waals surface area contributed by atoms with E-state index in [-0.39, 0.29) is 11.7 Å². The first-order valence-electron chi connectivity index (χ1n) is 7.68. The lowest BCUT2D eigenvalue weighted by molar-refractivity contribution is -0.274. The molecule has 1 amide bonds. The highest BCUT2D eigenvalue weighted by molar-refractivity contribution is 6.05. The fourth-order valence-electron chi connectivity index (χ4n) is 2.20. The van der Waals surface area contributed by atoms with Gasteiger partial charge in [0.05, 0.1) is 0 Å². The Bertz CT molecular complexity index is 758. The number of carbonyl (C=O) groups is 1. The van der Waals surface area contributed by atoms with Gasteiger partial charge in [-0.15, -0.1) is 13.2 Å². The zero-order valence-electron chi connectivity index (χ0n) is 14.1. The molecular weight excluding hydrogens is 333 g/mol. The van der Waals surface area contributed by atoms with E-state index in [2.05, 4.69) is 15.4 Å². The van der Waals surface area contributed by atoms with Gasteiger partial charge < -0.3 is 15.4 Å². The molecule has 0 aliphatic carbocycles. The molecule has 0 spiro atoms. The number of aryl methyl sites for hydroxylation is 1. The summed E-state index contributed by atoms with van der Waals surface area (Å²) in [4.78, 5) is 12.4. The number of nitrogens with one attached hydrogen (secondary N) is 2. The molecule has 25 heavy (non-hydrogen) atoms.